The Hall–Kier alpha value is -2.73. The number of fused-ring (bicyclic) bond motifs is 1. The van der Waals surface area contributed by atoms with Gasteiger partial charge in [0.1, 0.15) is 17.0 Å². The van der Waals surface area contributed by atoms with Gasteiger partial charge in [0.05, 0.1) is 18.5 Å². The maximum Gasteiger partial charge on any atom is 0.343 e. The molecule has 0 N–H and O–H groups in total. The van der Waals surface area contributed by atoms with Crippen molar-refractivity contribution in [1.29, 1.82) is 0 Å². The average molecular weight is 375 g/mol. The van der Waals surface area contributed by atoms with Gasteiger partial charge < -0.3 is 9.30 Å². The molecule has 0 atom stereocenters. The number of hydrogen-bond acceptors (Lipinski definition) is 4. The molecule has 2 heterocycles. The van der Waals surface area contributed by atoms with Gasteiger partial charge >= 0.3 is 5.97 Å². The second kappa shape index (κ2) is 7.25. The van der Waals surface area contributed by atoms with E-state index in [1.54, 1.807) is 36.6 Å². The normalized spacial score (nSPS) is 10.9. The number of carbonyl (C=O) groups is 1. The van der Waals surface area contributed by atoms with Crippen LogP contribution in [0.25, 0.3) is 11.0 Å². The molecule has 0 saturated heterocycles. The molecule has 26 heavy (non-hydrogen) atoms. The van der Waals surface area contributed by atoms with Gasteiger partial charge in [-0.25, -0.2) is 14.2 Å². The summed E-state index contributed by atoms with van der Waals surface area (Å²) < 4.78 is 20.7. The molecular weight excluding hydrogens is 359 g/mol. The molecule has 7 heteroatoms. The summed E-state index contributed by atoms with van der Waals surface area (Å²) in [6.45, 7) is 3.60. The summed E-state index contributed by atoms with van der Waals surface area (Å²) in [6, 6.07) is 7.67. The fourth-order valence-electron chi connectivity index (χ4n) is 2.69. The van der Waals surface area contributed by atoms with Crippen molar-refractivity contribution < 1.29 is 13.9 Å². The largest absolute Gasteiger partial charge is 0.462 e. The minimum Gasteiger partial charge on any atom is -0.462 e. The van der Waals surface area contributed by atoms with Crippen LogP contribution in [0.2, 0.25) is 5.02 Å². The van der Waals surface area contributed by atoms with Gasteiger partial charge in [0, 0.05) is 22.5 Å². The molecule has 5 nitrogen and oxygen atoms in total. The smallest absolute Gasteiger partial charge is 0.343 e. The number of benzene rings is 1. The Bertz CT molecular complexity index is 1040. The van der Waals surface area contributed by atoms with Gasteiger partial charge in [0.15, 0.2) is 0 Å². The Morgan fingerprint density at radius 3 is 2.77 bits per heavy atom. The molecule has 0 spiro atoms. The SMILES string of the molecule is CCOC(=O)c1cn(Cc2c(F)cccc2Cl)c2nc(C)ccc2c1=O. The molecule has 3 rings (SSSR count). The summed E-state index contributed by atoms with van der Waals surface area (Å²) in [4.78, 5) is 29.2. The molecule has 0 aliphatic rings. The third-order valence-electron chi connectivity index (χ3n) is 3.95. The minimum atomic E-state index is -0.728. The molecule has 0 aliphatic heterocycles. The number of rotatable bonds is 4. The van der Waals surface area contributed by atoms with Crippen molar-refractivity contribution in [2.24, 2.45) is 0 Å². The van der Waals surface area contributed by atoms with Crippen LogP contribution in [-0.4, -0.2) is 22.1 Å². The van der Waals surface area contributed by atoms with Gasteiger partial charge in [-0.1, -0.05) is 17.7 Å². The summed E-state index contributed by atoms with van der Waals surface area (Å²) in [5, 5.41) is 0.510. The fourth-order valence-corrected chi connectivity index (χ4v) is 2.91. The summed E-state index contributed by atoms with van der Waals surface area (Å²) in [7, 11) is 0. The number of esters is 1. The first-order chi connectivity index (χ1) is 12.4. The number of halogens is 2. The van der Waals surface area contributed by atoms with Crippen molar-refractivity contribution in [3.63, 3.8) is 0 Å². The van der Waals surface area contributed by atoms with E-state index in [0.29, 0.717) is 11.3 Å². The van der Waals surface area contributed by atoms with Crippen LogP contribution in [0.4, 0.5) is 4.39 Å². The molecule has 134 valence electrons. The summed E-state index contributed by atoms with van der Waals surface area (Å²) in [5.41, 5.74) is 0.688. The van der Waals surface area contributed by atoms with E-state index in [4.69, 9.17) is 16.3 Å². The first kappa shape index (κ1) is 18.1. The van der Waals surface area contributed by atoms with Crippen molar-refractivity contribution in [2.45, 2.75) is 20.4 Å². The number of aromatic nitrogens is 2. The summed E-state index contributed by atoms with van der Waals surface area (Å²) in [6.07, 6.45) is 1.35. The molecule has 0 fully saturated rings. The third kappa shape index (κ3) is 3.32. The van der Waals surface area contributed by atoms with Crippen LogP contribution < -0.4 is 5.43 Å². The molecule has 2 aromatic heterocycles. The zero-order valence-electron chi connectivity index (χ0n) is 14.3. The number of aryl methyl sites for hydroxylation is 1. The Morgan fingerprint density at radius 2 is 2.08 bits per heavy atom. The zero-order chi connectivity index (χ0) is 18.8. The van der Waals surface area contributed by atoms with E-state index >= 15 is 0 Å². The molecular formula is C19H16ClFN2O3. The lowest BCUT2D eigenvalue weighted by Gasteiger charge is -2.14. The Balaban J connectivity index is 2.26. The number of pyridine rings is 2. The molecule has 0 unspecified atom stereocenters. The highest BCUT2D eigenvalue weighted by Gasteiger charge is 2.18. The molecule has 0 bridgehead atoms. The Labute approximate surface area is 154 Å². The van der Waals surface area contributed by atoms with E-state index in [9.17, 15) is 14.0 Å². The van der Waals surface area contributed by atoms with Crippen molar-refractivity contribution >= 4 is 28.6 Å². The van der Waals surface area contributed by atoms with Crippen LogP contribution >= 0.6 is 11.6 Å². The van der Waals surface area contributed by atoms with E-state index in [0.717, 1.165) is 0 Å². The van der Waals surface area contributed by atoms with E-state index in [-0.39, 0.29) is 34.7 Å². The van der Waals surface area contributed by atoms with Crippen molar-refractivity contribution in [3.8, 4) is 0 Å². The highest BCUT2D eigenvalue weighted by molar-refractivity contribution is 6.31. The number of carbonyl (C=O) groups excluding carboxylic acids is 1. The highest BCUT2D eigenvalue weighted by atomic mass is 35.5. The number of hydrogen-bond donors (Lipinski definition) is 0. The predicted octanol–water partition coefficient (Wildman–Crippen LogP) is 3.72. The maximum absolute atomic E-state index is 14.2. The fraction of sp³-hybridized carbons (Fsp3) is 0.211. The van der Waals surface area contributed by atoms with Gasteiger partial charge in [-0.3, -0.25) is 4.79 Å². The van der Waals surface area contributed by atoms with Gasteiger partial charge in [0.25, 0.3) is 0 Å². The van der Waals surface area contributed by atoms with Crippen molar-refractivity contribution in [2.75, 3.05) is 6.61 Å². The van der Waals surface area contributed by atoms with Gasteiger partial charge in [-0.05, 0) is 38.1 Å². The quantitative estimate of drug-likeness (QED) is 0.653. The number of nitrogens with zero attached hydrogens (tertiary/aromatic N) is 2. The molecule has 1 aromatic carbocycles. The number of ether oxygens (including phenoxy) is 1. The summed E-state index contributed by atoms with van der Waals surface area (Å²) >= 11 is 6.12. The monoisotopic (exact) mass is 374 g/mol. The lowest BCUT2D eigenvalue weighted by molar-refractivity contribution is 0.0524. The van der Waals surface area contributed by atoms with Crippen LogP contribution in [-0.2, 0) is 11.3 Å². The highest BCUT2D eigenvalue weighted by Crippen LogP contribution is 2.22. The molecule has 0 aliphatic carbocycles. The average Bonchev–Trinajstić information content (AvgIpc) is 2.60. The van der Waals surface area contributed by atoms with Gasteiger partial charge in [0.2, 0.25) is 5.43 Å². The summed E-state index contributed by atoms with van der Waals surface area (Å²) in [5.74, 6) is -1.21. The molecule has 0 saturated carbocycles. The van der Waals surface area contributed by atoms with Gasteiger partial charge in [-0.15, -0.1) is 0 Å². The molecule has 0 radical (unpaired) electrons. The topological polar surface area (TPSA) is 61.2 Å². The van der Waals surface area contributed by atoms with E-state index < -0.39 is 17.2 Å². The first-order valence-electron chi connectivity index (χ1n) is 8.03. The molecule has 0 amide bonds. The Morgan fingerprint density at radius 1 is 1.31 bits per heavy atom. The predicted molar refractivity (Wildman–Crippen MR) is 97.2 cm³/mol. The third-order valence-corrected chi connectivity index (χ3v) is 4.30. The molecule has 3 aromatic rings. The van der Waals surface area contributed by atoms with Crippen LogP contribution in [0.3, 0.4) is 0 Å². The van der Waals surface area contributed by atoms with Crippen LogP contribution in [0.1, 0.15) is 28.5 Å². The van der Waals surface area contributed by atoms with Crippen LogP contribution in [0.15, 0.2) is 41.3 Å². The van der Waals surface area contributed by atoms with E-state index in [1.165, 1.54) is 18.3 Å². The lowest BCUT2D eigenvalue weighted by atomic mass is 10.1. The van der Waals surface area contributed by atoms with Crippen LogP contribution in [0.5, 0.6) is 0 Å². The van der Waals surface area contributed by atoms with E-state index in [2.05, 4.69) is 4.98 Å². The second-order valence-corrected chi connectivity index (χ2v) is 6.15. The van der Waals surface area contributed by atoms with Crippen molar-refractivity contribution in [1.82, 2.24) is 9.55 Å². The minimum absolute atomic E-state index is 0.0190. The maximum atomic E-state index is 14.2. The Kier molecular flexibility index (Phi) is 5.04. The second-order valence-electron chi connectivity index (χ2n) is 5.74. The van der Waals surface area contributed by atoms with Crippen molar-refractivity contribution in [3.05, 3.63) is 74.4 Å². The van der Waals surface area contributed by atoms with Gasteiger partial charge in [-0.2, -0.15) is 0 Å². The standard InChI is InChI=1S/C19H16ClFN2O3/c1-3-26-19(25)14-10-23(9-13-15(20)5-4-6-16(13)21)18-12(17(14)24)8-7-11(2)22-18/h4-8,10H,3,9H2,1-2H3. The zero-order valence-corrected chi connectivity index (χ0v) is 15.0. The first-order valence-corrected chi connectivity index (χ1v) is 8.41. The lowest BCUT2D eigenvalue weighted by Crippen LogP contribution is -2.22. The van der Waals surface area contributed by atoms with Crippen LogP contribution in [0, 0.1) is 12.7 Å². The van der Waals surface area contributed by atoms with E-state index in [1.807, 2.05) is 0 Å².